The molecule has 0 aromatic carbocycles. The molecule has 0 aliphatic rings. The molecular formula is C2H10GaN-. The van der Waals surface area contributed by atoms with Crippen molar-refractivity contribution in [3.63, 3.8) is 0 Å². The van der Waals surface area contributed by atoms with Gasteiger partial charge in [0.25, 0.3) is 0 Å². The molecule has 0 aromatic heterocycles. The fourth-order valence-electron chi connectivity index (χ4n) is 0. The van der Waals surface area contributed by atoms with E-state index in [0.717, 1.165) is 0 Å². The van der Waals surface area contributed by atoms with Crippen LogP contribution in [0.25, 0.3) is 5.32 Å². The SMILES string of the molecule is C[N-]C.[Ga].[HH].[HH]. The average molecular weight is 118 g/mol. The van der Waals surface area contributed by atoms with Gasteiger partial charge in [-0.3, -0.25) is 0 Å². The van der Waals surface area contributed by atoms with Crippen molar-refractivity contribution in [2.24, 2.45) is 0 Å². The summed E-state index contributed by atoms with van der Waals surface area (Å²) in [5.41, 5.74) is 0. The molecule has 0 aromatic rings. The number of hydrogen-bond acceptors (Lipinski definition) is 0. The first-order valence-electron chi connectivity index (χ1n) is 0.894. The smallest absolute Gasteiger partial charge is 0 e. The first kappa shape index (κ1) is 8.82. The quantitative estimate of drug-likeness (QED) is 0.416. The molecule has 0 bridgehead atoms. The Hall–Kier alpha value is 0.596. The van der Waals surface area contributed by atoms with Gasteiger partial charge in [0.05, 0.1) is 0 Å². The Kier molecular flexibility index (Phi) is 21.0. The van der Waals surface area contributed by atoms with Crippen molar-refractivity contribution in [3.05, 3.63) is 5.32 Å². The van der Waals surface area contributed by atoms with Crippen molar-refractivity contribution in [1.29, 1.82) is 0 Å². The molecule has 0 aliphatic heterocycles. The summed E-state index contributed by atoms with van der Waals surface area (Å²) < 4.78 is 0. The Morgan fingerprint density at radius 2 is 1.50 bits per heavy atom. The largest absolute Gasteiger partial charge is 0.668 e. The molecule has 1 nitrogen and oxygen atoms in total. The van der Waals surface area contributed by atoms with Gasteiger partial charge in [-0.25, -0.2) is 0 Å². The van der Waals surface area contributed by atoms with Crippen molar-refractivity contribution in [2.45, 2.75) is 0 Å². The first-order valence-corrected chi connectivity index (χ1v) is 0.894. The normalized spacial score (nSPS) is 4.50. The van der Waals surface area contributed by atoms with E-state index in [1.54, 1.807) is 14.1 Å². The van der Waals surface area contributed by atoms with E-state index in [4.69, 9.17) is 0 Å². The fraction of sp³-hybridized carbons (Fsp3) is 1.00. The van der Waals surface area contributed by atoms with Crippen LogP contribution in [0.3, 0.4) is 0 Å². The van der Waals surface area contributed by atoms with E-state index >= 15 is 0 Å². The Balaban J connectivity index is -0.00000000667. The summed E-state index contributed by atoms with van der Waals surface area (Å²) >= 11 is 0. The van der Waals surface area contributed by atoms with Gasteiger partial charge in [0, 0.05) is 22.6 Å². The Morgan fingerprint density at radius 3 is 1.50 bits per heavy atom. The molecular weight excluding hydrogens is 108 g/mol. The predicted molar refractivity (Wildman–Crippen MR) is 25.2 cm³/mol. The van der Waals surface area contributed by atoms with Gasteiger partial charge >= 0.3 is 0 Å². The third-order valence-corrected chi connectivity index (χ3v) is 0. The van der Waals surface area contributed by atoms with Crippen LogP contribution in [0.15, 0.2) is 0 Å². The van der Waals surface area contributed by atoms with Crippen molar-refractivity contribution in [2.75, 3.05) is 14.1 Å². The number of nitrogens with zero attached hydrogens (tertiary/aromatic N) is 1. The molecule has 2 heteroatoms. The zero-order chi connectivity index (χ0) is 2.71. The van der Waals surface area contributed by atoms with Crippen LogP contribution in [0.2, 0.25) is 0 Å². The van der Waals surface area contributed by atoms with Gasteiger partial charge in [-0.15, -0.1) is 0 Å². The molecule has 0 atom stereocenters. The van der Waals surface area contributed by atoms with Crippen LogP contribution in [0.5, 0.6) is 0 Å². The first-order chi connectivity index (χ1) is 1.41. The van der Waals surface area contributed by atoms with Crippen LogP contribution >= 0.6 is 0 Å². The summed E-state index contributed by atoms with van der Waals surface area (Å²) in [4.78, 5) is 0. The van der Waals surface area contributed by atoms with Crippen molar-refractivity contribution in [3.8, 4) is 0 Å². The average Bonchev–Trinajstić information content (AvgIpc) is 0.918. The van der Waals surface area contributed by atoms with Crippen LogP contribution in [0, 0.1) is 0 Å². The molecule has 3 radical (unpaired) electrons. The minimum Gasteiger partial charge on any atom is -0.668 e. The molecule has 0 unspecified atom stereocenters. The number of rotatable bonds is 0. The van der Waals surface area contributed by atoms with Crippen LogP contribution < -0.4 is 0 Å². The summed E-state index contributed by atoms with van der Waals surface area (Å²) in [6.45, 7) is 0. The molecule has 0 saturated carbocycles. The van der Waals surface area contributed by atoms with Crippen molar-refractivity contribution >= 4 is 19.8 Å². The molecule has 0 heterocycles. The summed E-state index contributed by atoms with van der Waals surface area (Å²) in [7, 11) is 3.50. The Morgan fingerprint density at radius 1 is 1.50 bits per heavy atom. The topological polar surface area (TPSA) is 14.1 Å². The second-order valence-electron chi connectivity index (χ2n) is 0.447. The maximum absolute atomic E-state index is 3.50. The molecule has 0 rings (SSSR count). The van der Waals surface area contributed by atoms with Crippen LogP contribution in [0.1, 0.15) is 2.85 Å². The third kappa shape index (κ3) is 18.6. The van der Waals surface area contributed by atoms with E-state index in [-0.39, 0.29) is 22.6 Å². The van der Waals surface area contributed by atoms with Crippen LogP contribution in [-0.2, 0) is 0 Å². The molecule has 0 spiro atoms. The second-order valence-corrected chi connectivity index (χ2v) is 0.447. The Bertz CT molecular complexity index is 11.5. The van der Waals surface area contributed by atoms with E-state index in [1.807, 2.05) is 0 Å². The van der Waals surface area contributed by atoms with Gasteiger partial charge in [-0.2, -0.15) is 14.1 Å². The molecule has 0 saturated heterocycles. The summed E-state index contributed by atoms with van der Waals surface area (Å²) in [6, 6.07) is 0. The molecule has 0 N–H and O–H groups in total. The molecule has 27 valence electrons. The summed E-state index contributed by atoms with van der Waals surface area (Å²) in [6.07, 6.45) is 0. The predicted octanol–water partition coefficient (Wildman–Crippen LogP) is 0.731. The monoisotopic (exact) mass is 117 g/mol. The summed E-state index contributed by atoms with van der Waals surface area (Å²) in [5, 5.41) is 3.50. The zero-order valence-corrected chi connectivity index (χ0v) is 5.45. The van der Waals surface area contributed by atoms with E-state index in [1.165, 1.54) is 0 Å². The van der Waals surface area contributed by atoms with E-state index in [9.17, 15) is 0 Å². The van der Waals surface area contributed by atoms with E-state index in [0.29, 0.717) is 0 Å². The minimum absolute atomic E-state index is 0. The Labute approximate surface area is 42.8 Å². The maximum Gasteiger partial charge on any atom is 0 e. The van der Waals surface area contributed by atoms with Gasteiger partial charge in [-0.05, 0) is 0 Å². The van der Waals surface area contributed by atoms with Crippen molar-refractivity contribution in [1.82, 2.24) is 0 Å². The molecule has 0 amide bonds. The van der Waals surface area contributed by atoms with Gasteiger partial charge in [-0.1, -0.05) is 0 Å². The van der Waals surface area contributed by atoms with E-state index in [2.05, 4.69) is 5.32 Å². The van der Waals surface area contributed by atoms with Gasteiger partial charge in [0.15, 0.2) is 0 Å². The van der Waals surface area contributed by atoms with E-state index < -0.39 is 0 Å². The maximum atomic E-state index is 3.50. The fourth-order valence-corrected chi connectivity index (χ4v) is 0. The van der Waals surface area contributed by atoms with Gasteiger partial charge in [0.1, 0.15) is 0 Å². The molecule has 4 heavy (non-hydrogen) atoms. The number of hydrogen-bond donors (Lipinski definition) is 0. The van der Waals surface area contributed by atoms with Crippen LogP contribution in [0.4, 0.5) is 0 Å². The zero-order valence-electron chi connectivity index (χ0n) is 3.02. The standard InChI is InChI=1S/C2H6N.Ga.2H2/c1-3-2;;;/h1-2H3;;2*1H/q-1;;;. The second kappa shape index (κ2) is 9.51. The van der Waals surface area contributed by atoms with Gasteiger partial charge < -0.3 is 5.32 Å². The van der Waals surface area contributed by atoms with Gasteiger partial charge in [0.2, 0.25) is 0 Å². The minimum atomic E-state index is 0. The molecule has 0 fully saturated rings. The molecule has 0 aliphatic carbocycles. The van der Waals surface area contributed by atoms with Crippen LogP contribution in [-0.4, -0.2) is 33.9 Å². The van der Waals surface area contributed by atoms with Crippen molar-refractivity contribution < 1.29 is 2.85 Å². The third-order valence-electron chi connectivity index (χ3n) is 0. The summed E-state index contributed by atoms with van der Waals surface area (Å²) in [5.74, 6) is 0.